The van der Waals surface area contributed by atoms with Gasteiger partial charge in [0.15, 0.2) is 0 Å². The van der Waals surface area contributed by atoms with E-state index in [0.29, 0.717) is 17.1 Å². The molecular weight excluding hydrogens is 452 g/mol. The van der Waals surface area contributed by atoms with Gasteiger partial charge in [0.25, 0.3) is 0 Å². The van der Waals surface area contributed by atoms with E-state index in [9.17, 15) is 0 Å². The number of aromatic nitrogens is 5. The van der Waals surface area contributed by atoms with Crippen molar-refractivity contribution < 1.29 is 9.47 Å². The molecule has 0 unspecified atom stereocenters. The van der Waals surface area contributed by atoms with Crippen LogP contribution in [0.3, 0.4) is 0 Å². The van der Waals surface area contributed by atoms with Crippen molar-refractivity contribution >= 4 is 28.3 Å². The van der Waals surface area contributed by atoms with E-state index in [1.54, 1.807) is 12.4 Å². The van der Waals surface area contributed by atoms with Crippen LogP contribution in [0.15, 0.2) is 24.5 Å². The highest BCUT2D eigenvalue weighted by Crippen LogP contribution is 2.39. The van der Waals surface area contributed by atoms with Crippen LogP contribution in [0, 0.1) is 5.92 Å². The van der Waals surface area contributed by atoms with Gasteiger partial charge in [-0.25, -0.2) is 19.9 Å². The van der Waals surface area contributed by atoms with E-state index in [0.717, 1.165) is 105 Å². The summed E-state index contributed by atoms with van der Waals surface area (Å²) in [5.41, 5.74) is 2.82. The van der Waals surface area contributed by atoms with Crippen molar-refractivity contribution in [1.29, 1.82) is 0 Å². The average molecular weight is 481 g/mol. The summed E-state index contributed by atoms with van der Waals surface area (Å²) in [4.78, 5) is 24.9. The molecule has 6 rings (SSSR count). The Hall–Kier alpha value is -2.58. The van der Waals surface area contributed by atoms with Crippen LogP contribution in [0.2, 0.25) is 5.28 Å². The molecule has 0 N–H and O–H groups in total. The zero-order chi connectivity index (χ0) is 22.9. The Labute approximate surface area is 204 Å². The molecule has 8 nitrogen and oxygen atoms in total. The van der Waals surface area contributed by atoms with Gasteiger partial charge < -0.3 is 14.4 Å². The van der Waals surface area contributed by atoms with Gasteiger partial charge in [0.2, 0.25) is 5.28 Å². The summed E-state index contributed by atoms with van der Waals surface area (Å²) in [6.45, 7) is 3.24. The van der Waals surface area contributed by atoms with Crippen molar-refractivity contribution in [2.75, 3.05) is 31.2 Å². The monoisotopic (exact) mass is 480 g/mol. The summed E-state index contributed by atoms with van der Waals surface area (Å²) in [5.74, 6) is 3.57. The Morgan fingerprint density at radius 1 is 0.941 bits per heavy atom. The highest BCUT2D eigenvalue weighted by atomic mass is 35.5. The second-order valence-electron chi connectivity index (χ2n) is 9.59. The third-order valence-corrected chi connectivity index (χ3v) is 7.24. The topological polar surface area (TPSA) is 86.2 Å². The number of ether oxygens (including phenoxy) is 2. The van der Waals surface area contributed by atoms with Gasteiger partial charge in [-0.15, -0.1) is 0 Å². The highest BCUT2D eigenvalue weighted by Gasteiger charge is 2.29. The second kappa shape index (κ2) is 9.58. The molecule has 3 heterocycles. The second-order valence-corrected chi connectivity index (χ2v) is 9.92. The first-order chi connectivity index (χ1) is 16.7. The maximum absolute atomic E-state index is 6.55. The Morgan fingerprint density at radius 3 is 2.53 bits per heavy atom. The number of rotatable bonds is 6. The van der Waals surface area contributed by atoms with E-state index in [1.807, 2.05) is 0 Å². The Balaban J connectivity index is 1.13. The molecule has 1 saturated heterocycles. The van der Waals surface area contributed by atoms with Gasteiger partial charge in [-0.2, -0.15) is 0 Å². The standard InChI is InChI=1S/C25H29ClN6O2/c26-25-30-22(29-24(31-25)17-3-4-17)13-16-1-5-19(6-2-16)34-21-15-18(32-9-11-33-12-10-32)14-20-23(21)28-8-7-27-20/h7-8,14-17,19H,1-6,9-13H2. The maximum Gasteiger partial charge on any atom is 0.225 e. The van der Waals surface area contributed by atoms with Crippen molar-refractivity contribution in [2.45, 2.75) is 57.0 Å². The number of morpholine rings is 1. The largest absolute Gasteiger partial charge is 0.488 e. The molecule has 34 heavy (non-hydrogen) atoms. The minimum atomic E-state index is 0.172. The van der Waals surface area contributed by atoms with Gasteiger partial charge in [-0.3, -0.25) is 4.98 Å². The fourth-order valence-corrected chi connectivity index (χ4v) is 5.22. The van der Waals surface area contributed by atoms with Gasteiger partial charge in [0, 0.05) is 49.6 Å². The van der Waals surface area contributed by atoms with Gasteiger partial charge in [0.1, 0.15) is 22.9 Å². The van der Waals surface area contributed by atoms with E-state index in [4.69, 9.17) is 26.1 Å². The predicted molar refractivity (Wildman–Crippen MR) is 129 cm³/mol. The smallest absolute Gasteiger partial charge is 0.225 e. The van der Waals surface area contributed by atoms with E-state index in [-0.39, 0.29) is 6.10 Å². The molecule has 0 atom stereocenters. The van der Waals surface area contributed by atoms with Crippen molar-refractivity contribution in [3.05, 3.63) is 41.5 Å². The number of anilines is 1. The molecule has 0 bridgehead atoms. The van der Waals surface area contributed by atoms with Crippen LogP contribution >= 0.6 is 11.6 Å². The van der Waals surface area contributed by atoms with E-state index in [2.05, 4.69) is 37.0 Å². The first kappa shape index (κ1) is 21.9. The Bertz CT molecular complexity index is 1160. The molecule has 3 fully saturated rings. The molecule has 178 valence electrons. The van der Waals surface area contributed by atoms with E-state index < -0.39 is 0 Å². The summed E-state index contributed by atoms with van der Waals surface area (Å²) in [7, 11) is 0. The first-order valence-corrected chi connectivity index (χ1v) is 12.7. The van der Waals surface area contributed by atoms with Gasteiger partial charge in [-0.05, 0) is 62.1 Å². The molecule has 0 amide bonds. The third kappa shape index (κ3) is 4.93. The van der Waals surface area contributed by atoms with Crippen LogP contribution in [-0.4, -0.2) is 57.3 Å². The number of benzene rings is 1. The number of fused-ring (bicyclic) bond motifs is 1. The predicted octanol–water partition coefficient (Wildman–Crippen LogP) is 4.36. The van der Waals surface area contributed by atoms with Crippen molar-refractivity contribution in [2.24, 2.45) is 5.92 Å². The van der Waals surface area contributed by atoms with Gasteiger partial charge in [0.05, 0.1) is 24.8 Å². The van der Waals surface area contributed by atoms with Crippen molar-refractivity contribution in [1.82, 2.24) is 24.9 Å². The Morgan fingerprint density at radius 2 is 1.74 bits per heavy atom. The lowest BCUT2D eigenvalue weighted by Gasteiger charge is -2.31. The molecular formula is C25H29ClN6O2. The fourth-order valence-electron chi connectivity index (χ4n) is 5.04. The fraction of sp³-hybridized carbons (Fsp3) is 0.560. The molecule has 1 aliphatic heterocycles. The lowest BCUT2D eigenvalue weighted by atomic mass is 9.85. The van der Waals surface area contributed by atoms with Gasteiger partial charge >= 0.3 is 0 Å². The molecule has 3 aliphatic rings. The maximum atomic E-state index is 6.55. The lowest BCUT2D eigenvalue weighted by Crippen LogP contribution is -2.36. The normalized spacial score (nSPS) is 23.3. The zero-order valence-corrected chi connectivity index (χ0v) is 20.0. The number of halogens is 1. The molecule has 0 spiro atoms. The van der Waals surface area contributed by atoms with Crippen LogP contribution < -0.4 is 9.64 Å². The van der Waals surface area contributed by atoms with Gasteiger partial charge in [-0.1, -0.05) is 0 Å². The van der Waals surface area contributed by atoms with Crippen LogP contribution in [0.4, 0.5) is 5.69 Å². The lowest BCUT2D eigenvalue weighted by molar-refractivity contribution is 0.122. The van der Waals surface area contributed by atoms with E-state index in [1.165, 1.54) is 0 Å². The van der Waals surface area contributed by atoms with E-state index >= 15 is 0 Å². The number of hydrogen-bond acceptors (Lipinski definition) is 8. The minimum Gasteiger partial charge on any atom is -0.488 e. The third-order valence-electron chi connectivity index (χ3n) is 7.07. The van der Waals surface area contributed by atoms with Crippen molar-refractivity contribution in [3.8, 4) is 5.75 Å². The van der Waals surface area contributed by atoms with Crippen LogP contribution in [-0.2, 0) is 11.2 Å². The summed E-state index contributed by atoms with van der Waals surface area (Å²) in [5, 5.41) is 0.331. The number of hydrogen-bond donors (Lipinski definition) is 0. The SMILES string of the molecule is Clc1nc(CC2CCC(Oc3cc(N4CCOCC4)cc4nccnc34)CC2)nc(C2CC2)n1. The molecule has 9 heteroatoms. The van der Waals surface area contributed by atoms with Crippen LogP contribution in [0.5, 0.6) is 5.75 Å². The molecule has 2 aliphatic carbocycles. The van der Waals surface area contributed by atoms with Crippen molar-refractivity contribution in [3.63, 3.8) is 0 Å². The van der Waals surface area contributed by atoms with Crippen LogP contribution in [0.25, 0.3) is 11.0 Å². The molecule has 3 aromatic rings. The summed E-state index contributed by atoms with van der Waals surface area (Å²) in [6, 6.07) is 4.23. The molecule has 2 aromatic heterocycles. The minimum absolute atomic E-state index is 0.172. The molecule has 0 radical (unpaired) electrons. The summed E-state index contributed by atoms with van der Waals surface area (Å²) < 4.78 is 12.1. The average Bonchev–Trinajstić information content (AvgIpc) is 3.71. The Kier molecular flexibility index (Phi) is 6.18. The zero-order valence-electron chi connectivity index (χ0n) is 19.2. The number of nitrogens with zero attached hydrogens (tertiary/aromatic N) is 6. The van der Waals surface area contributed by atoms with Crippen LogP contribution in [0.1, 0.15) is 56.1 Å². The first-order valence-electron chi connectivity index (χ1n) is 12.4. The molecule has 1 aromatic carbocycles. The summed E-state index contributed by atoms with van der Waals surface area (Å²) >= 11 is 6.17. The summed E-state index contributed by atoms with van der Waals surface area (Å²) in [6.07, 6.45) is 11.0. The molecule has 2 saturated carbocycles. The highest BCUT2D eigenvalue weighted by molar-refractivity contribution is 6.28. The quantitative estimate of drug-likeness (QED) is 0.514.